The Morgan fingerprint density at radius 1 is 1.21 bits per heavy atom. The van der Waals surface area contributed by atoms with Gasteiger partial charge in [0.1, 0.15) is 5.69 Å². The summed E-state index contributed by atoms with van der Waals surface area (Å²) in [4.78, 5) is 0. The third kappa shape index (κ3) is 5.61. The molecule has 1 aliphatic rings. The molecule has 0 bridgehead atoms. The second kappa shape index (κ2) is 8.78. The van der Waals surface area contributed by atoms with Crippen LogP contribution in [0.5, 0.6) is 0 Å². The van der Waals surface area contributed by atoms with Crippen LogP contribution in [-0.4, -0.2) is 35.5 Å². The average Bonchev–Trinajstić information content (AvgIpc) is 2.98. The normalized spacial score (nSPS) is 20.6. The van der Waals surface area contributed by atoms with Gasteiger partial charge >= 0.3 is 0 Å². The monoisotopic (exact) mass is 482 g/mol. The topological polar surface area (TPSA) is 76.0 Å². The van der Waals surface area contributed by atoms with Crippen molar-refractivity contribution in [3.8, 4) is 11.3 Å². The number of nitrogens with zero attached hydrogens (tertiary/aromatic N) is 2. The van der Waals surface area contributed by atoms with E-state index in [1.165, 1.54) is 0 Å². The number of sulfonamides is 1. The van der Waals surface area contributed by atoms with E-state index in [-0.39, 0.29) is 6.04 Å². The summed E-state index contributed by atoms with van der Waals surface area (Å²) in [6.45, 7) is 6.11. The number of anilines is 1. The van der Waals surface area contributed by atoms with E-state index in [0.717, 1.165) is 53.6 Å². The summed E-state index contributed by atoms with van der Waals surface area (Å²) in [6, 6.07) is 8.35. The van der Waals surface area contributed by atoms with Crippen molar-refractivity contribution in [1.29, 1.82) is 0 Å². The number of hydrogen-bond acceptors (Lipinski definition) is 4. The predicted molar refractivity (Wildman–Crippen MR) is 122 cm³/mol. The molecule has 0 aliphatic heterocycles. The van der Waals surface area contributed by atoms with Crippen molar-refractivity contribution < 1.29 is 8.42 Å². The highest BCUT2D eigenvalue weighted by Gasteiger charge is 2.32. The average molecular weight is 483 g/mol. The molecule has 0 unspecified atom stereocenters. The lowest BCUT2D eigenvalue weighted by molar-refractivity contribution is 0.322. The summed E-state index contributed by atoms with van der Waals surface area (Å²) in [6.07, 6.45) is 5.78. The van der Waals surface area contributed by atoms with Gasteiger partial charge in [-0.2, -0.15) is 5.10 Å². The van der Waals surface area contributed by atoms with E-state index < -0.39 is 14.8 Å². The van der Waals surface area contributed by atoms with Crippen molar-refractivity contribution in [2.75, 3.05) is 11.9 Å². The van der Waals surface area contributed by atoms with Crippen LogP contribution in [-0.2, 0) is 17.1 Å². The summed E-state index contributed by atoms with van der Waals surface area (Å²) in [5.41, 5.74) is 3.08. The van der Waals surface area contributed by atoms with Gasteiger partial charge in [0.05, 0.1) is 9.22 Å². The van der Waals surface area contributed by atoms with Gasteiger partial charge in [0.25, 0.3) is 0 Å². The van der Waals surface area contributed by atoms with Crippen molar-refractivity contribution in [1.82, 2.24) is 14.5 Å². The van der Waals surface area contributed by atoms with Crippen LogP contribution in [0.3, 0.4) is 0 Å². The molecule has 1 aromatic heterocycles. The summed E-state index contributed by atoms with van der Waals surface area (Å²) in [5.74, 6) is 0.552. The van der Waals surface area contributed by atoms with Crippen molar-refractivity contribution in [2.24, 2.45) is 13.0 Å². The molecular weight excluding hydrogens is 452 g/mol. The van der Waals surface area contributed by atoms with Gasteiger partial charge in [-0.25, -0.2) is 13.1 Å². The lowest BCUT2D eigenvalue weighted by atomic mass is 9.86. The minimum atomic E-state index is -3.28. The molecule has 6 nitrogen and oxygen atoms in total. The SMILES string of the molecule is Cn1cc(Br)c(-c2cccc(NC[C@H]3CC[C@H](NS(=O)(=O)C(C)(C)C)CC3)c2)n1. The molecule has 1 aromatic carbocycles. The molecular formula is C21H31BrN4O2S. The fourth-order valence-electron chi connectivity index (χ4n) is 3.57. The van der Waals surface area contributed by atoms with E-state index in [9.17, 15) is 8.42 Å². The van der Waals surface area contributed by atoms with Gasteiger partial charge in [-0.05, 0) is 80.4 Å². The van der Waals surface area contributed by atoms with Crippen LogP contribution < -0.4 is 10.0 Å². The number of nitrogens with one attached hydrogen (secondary N) is 2. The number of rotatable bonds is 6. The first kappa shape index (κ1) is 22.3. The quantitative estimate of drug-likeness (QED) is 0.633. The molecule has 2 aromatic rings. The molecule has 1 saturated carbocycles. The minimum Gasteiger partial charge on any atom is -0.385 e. The van der Waals surface area contributed by atoms with E-state index in [4.69, 9.17) is 0 Å². The van der Waals surface area contributed by atoms with Gasteiger partial charge in [-0.15, -0.1) is 0 Å². The molecule has 160 valence electrons. The Hall–Kier alpha value is -1.38. The molecule has 1 fully saturated rings. The molecule has 8 heteroatoms. The Balaban J connectivity index is 1.52. The first-order valence-electron chi connectivity index (χ1n) is 10.1. The van der Waals surface area contributed by atoms with Crippen molar-refractivity contribution in [3.63, 3.8) is 0 Å². The Morgan fingerprint density at radius 3 is 2.48 bits per heavy atom. The number of halogens is 1. The Kier molecular flexibility index (Phi) is 6.75. The van der Waals surface area contributed by atoms with Gasteiger partial charge in [-0.1, -0.05) is 12.1 Å². The van der Waals surface area contributed by atoms with Crippen LogP contribution in [0.2, 0.25) is 0 Å². The molecule has 0 saturated heterocycles. The number of aromatic nitrogens is 2. The largest absolute Gasteiger partial charge is 0.385 e. The first-order valence-corrected chi connectivity index (χ1v) is 12.4. The van der Waals surface area contributed by atoms with Gasteiger partial charge in [0.2, 0.25) is 10.0 Å². The van der Waals surface area contributed by atoms with Crippen LogP contribution in [0.4, 0.5) is 5.69 Å². The molecule has 1 heterocycles. The van der Waals surface area contributed by atoms with Crippen LogP contribution in [0.1, 0.15) is 46.5 Å². The first-order chi connectivity index (χ1) is 13.5. The number of benzene rings is 1. The summed E-state index contributed by atoms with van der Waals surface area (Å²) in [7, 11) is -1.37. The highest BCUT2D eigenvalue weighted by molar-refractivity contribution is 9.10. The zero-order chi connectivity index (χ0) is 21.2. The minimum absolute atomic E-state index is 0.0558. The zero-order valence-corrected chi connectivity index (χ0v) is 20.0. The van der Waals surface area contributed by atoms with E-state index >= 15 is 0 Å². The predicted octanol–water partition coefficient (Wildman–Crippen LogP) is 4.54. The van der Waals surface area contributed by atoms with Gasteiger partial charge in [0, 0.05) is 37.1 Å². The highest BCUT2D eigenvalue weighted by atomic mass is 79.9. The third-order valence-corrected chi connectivity index (χ3v) is 8.33. The summed E-state index contributed by atoms with van der Waals surface area (Å²) < 4.78 is 29.6. The molecule has 1 aliphatic carbocycles. The molecule has 0 spiro atoms. The molecule has 0 atom stereocenters. The van der Waals surface area contributed by atoms with Crippen molar-refractivity contribution in [3.05, 3.63) is 34.9 Å². The van der Waals surface area contributed by atoms with Gasteiger partial charge in [0.15, 0.2) is 0 Å². The fraction of sp³-hybridized carbons (Fsp3) is 0.571. The number of aryl methyl sites for hydroxylation is 1. The van der Waals surface area contributed by atoms with E-state index in [1.54, 1.807) is 25.5 Å². The van der Waals surface area contributed by atoms with Gasteiger partial charge < -0.3 is 5.32 Å². The van der Waals surface area contributed by atoms with E-state index in [0.29, 0.717) is 5.92 Å². The van der Waals surface area contributed by atoms with E-state index in [2.05, 4.69) is 49.3 Å². The fourth-order valence-corrected chi connectivity index (χ4v) is 5.21. The Bertz CT molecular complexity index is 942. The zero-order valence-electron chi connectivity index (χ0n) is 17.6. The molecule has 3 rings (SSSR count). The third-order valence-electron chi connectivity index (χ3n) is 5.49. The smallest absolute Gasteiger partial charge is 0.216 e. The maximum absolute atomic E-state index is 12.4. The van der Waals surface area contributed by atoms with Crippen LogP contribution >= 0.6 is 15.9 Å². The second-order valence-electron chi connectivity index (χ2n) is 8.91. The van der Waals surface area contributed by atoms with Crippen LogP contribution in [0, 0.1) is 5.92 Å². The summed E-state index contributed by atoms with van der Waals surface area (Å²) >= 11 is 3.57. The maximum atomic E-state index is 12.4. The van der Waals surface area contributed by atoms with Crippen molar-refractivity contribution >= 4 is 31.6 Å². The molecule has 2 N–H and O–H groups in total. The number of hydrogen-bond donors (Lipinski definition) is 2. The standard InChI is InChI=1S/C21H31BrN4O2S/c1-21(2,3)29(27,28)25-17-10-8-15(9-11-17)13-23-18-7-5-6-16(12-18)20-19(22)14-26(4)24-20/h5-7,12,14-15,17,23,25H,8-11,13H2,1-4H3/t15-,17-. The highest BCUT2D eigenvalue weighted by Crippen LogP contribution is 2.30. The van der Waals surface area contributed by atoms with Crippen molar-refractivity contribution in [2.45, 2.75) is 57.2 Å². The lowest BCUT2D eigenvalue weighted by Crippen LogP contribution is -2.46. The van der Waals surface area contributed by atoms with Gasteiger partial charge in [-0.3, -0.25) is 4.68 Å². The molecule has 0 amide bonds. The Labute approximate surface area is 182 Å². The molecule has 29 heavy (non-hydrogen) atoms. The summed E-state index contributed by atoms with van der Waals surface area (Å²) in [5, 5.41) is 8.06. The molecule has 0 radical (unpaired) electrons. The lowest BCUT2D eigenvalue weighted by Gasteiger charge is -2.31. The Morgan fingerprint density at radius 2 is 1.90 bits per heavy atom. The van der Waals surface area contributed by atoms with Crippen LogP contribution in [0.25, 0.3) is 11.3 Å². The van der Waals surface area contributed by atoms with Crippen LogP contribution in [0.15, 0.2) is 34.9 Å². The van der Waals surface area contributed by atoms with E-state index in [1.807, 2.05) is 19.3 Å². The maximum Gasteiger partial charge on any atom is 0.216 e. The second-order valence-corrected chi connectivity index (χ2v) is 12.2.